The van der Waals surface area contributed by atoms with Gasteiger partial charge in [-0.3, -0.25) is 9.48 Å². The minimum absolute atomic E-state index is 0. The zero-order valence-electron chi connectivity index (χ0n) is 17.0. The van der Waals surface area contributed by atoms with E-state index in [-0.39, 0.29) is 29.8 Å². The van der Waals surface area contributed by atoms with Crippen LogP contribution in [0.2, 0.25) is 0 Å². The van der Waals surface area contributed by atoms with Gasteiger partial charge in [0.2, 0.25) is 0 Å². The number of para-hydroxylation sites is 1. The number of hydrogen-bond donors (Lipinski definition) is 2. The molecule has 1 aromatic carbocycles. The van der Waals surface area contributed by atoms with Gasteiger partial charge in [0.15, 0.2) is 0 Å². The molecule has 3 heterocycles. The van der Waals surface area contributed by atoms with E-state index in [0.29, 0.717) is 30.8 Å². The van der Waals surface area contributed by atoms with Gasteiger partial charge in [0, 0.05) is 30.9 Å². The van der Waals surface area contributed by atoms with Gasteiger partial charge < -0.3 is 15.1 Å². The van der Waals surface area contributed by atoms with E-state index in [1.165, 1.54) is 0 Å². The third-order valence-corrected chi connectivity index (χ3v) is 5.48. The molecule has 0 radical (unpaired) electrons. The van der Waals surface area contributed by atoms with Crippen LogP contribution in [0.25, 0.3) is 10.9 Å². The molecule has 1 atom stereocenters. The van der Waals surface area contributed by atoms with E-state index in [9.17, 15) is 9.59 Å². The van der Waals surface area contributed by atoms with Crippen molar-refractivity contribution in [2.24, 2.45) is 0 Å². The lowest BCUT2D eigenvalue weighted by atomic mass is 9.95. The van der Waals surface area contributed by atoms with Gasteiger partial charge in [0.1, 0.15) is 11.3 Å². The van der Waals surface area contributed by atoms with Crippen LogP contribution in [0.4, 0.5) is 0 Å². The van der Waals surface area contributed by atoms with Crippen molar-refractivity contribution in [3.05, 3.63) is 63.8 Å². The highest BCUT2D eigenvalue weighted by Crippen LogP contribution is 2.23. The molecular weight excluding hydrogens is 404 g/mol. The maximum Gasteiger partial charge on any atom is 0.349 e. The first-order chi connectivity index (χ1) is 14.1. The number of carbonyl (C=O) groups is 1. The summed E-state index contributed by atoms with van der Waals surface area (Å²) < 4.78 is 7.42. The van der Waals surface area contributed by atoms with Crippen molar-refractivity contribution in [1.82, 2.24) is 20.4 Å². The molecule has 1 aliphatic heterocycles. The molecule has 0 saturated carbocycles. The molecule has 1 amide bonds. The Morgan fingerprint density at radius 3 is 2.97 bits per heavy atom. The summed E-state index contributed by atoms with van der Waals surface area (Å²) in [6, 6.07) is 9.86. The summed E-state index contributed by atoms with van der Waals surface area (Å²) in [5.41, 5.74) is 1.28. The average molecular weight is 431 g/mol. The Hall–Kier alpha value is -2.64. The van der Waals surface area contributed by atoms with Crippen LogP contribution in [0.1, 0.15) is 46.9 Å². The molecule has 1 aliphatic rings. The molecule has 3 aromatic rings. The van der Waals surface area contributed by atoms with E-state index in [1.807, 2.05) is 41.2 Å². The topological polar surface area (TPSA) is 89.2 Å². The van der Waals surface area contributed by atoms with Crippen molar-refractivity contribution in [2.45, 2.75) is 38.6 Å². The first kappa shape index (κ1) is 22.1. The van der Waals surface area contributed by atoms with E-state index >= 15 is 0 Å². The number of amides is 1. The standard InChI is InChI=1S/C22H26N4O3.ClH/c1-15-12-19(17-7-4-9-23-13-17)29-22(28)20(15)21(27)24-10-5-11-26-18-8-3-2-6-16(18)14-25-26;/h2-3,6,8,12,14,17,23H,4-5,7,9-11,13H2,1H3,(H,24,27);1H. The molecule has 1 unspecified atom stereocenters. The van der Waals surface area contributed by atoms with Gasteiger partial charge in [-0.2, -0.15) is 5.10 Å². The molecular formula is C22H27ClN4O3. The average Bonchev–Trinajstić information content (AvgIpc) is 3.14. The monoisotopic (exact) mass is 430 g/mol. The van der Waals surface area contributed by atoms with Crippen LogP contribution in [0.3, 0.4) is 0 Å². The molecule has 160 valence electrons. The second kappa shape index (κ2) is 9.91. The highest BCUT2D eigenvalue weighted by molar-refractivity contribution is 5.95. The van der Waals surface area contributed by atoms with E-state index < -0.39 is 5.63 Å². The van der Waals surface area contributed by atoms with Crippen LogP contribution < -0.4 is 16.3 Å². The fraction of sp³-hybridized carbons (Fsp3) is 0.409. The number of nitrogens with one attached hydrogen (secondary N) is 2. The van der Waals surface area contributed by atoms with Gasteiger partial charge in [0.05, 0.1) is 11.7 Å². The number of nitrogens with zero attached hydrogens (tertiary/aromatic N) is 2. The highest BCUT2D eigenvalue weighted by atomic mass is 35.5. The van der Waals surface area contributed by atoms with Crippen molar-refractivity contribution >= 4 is 29.2 Å². The number of hydrogen-bond acceptors (Lipinski definition) is 5. The van der Waals surface area contributed by atoms with Crippen LogP contribution in [0.15, 0.2) is 45.7 Å². The summed E-state index contributed by atoms with van der Waals surface area (Å²) in [4.78, 5) is 25.0. The minimum Gasteiger partial charge on any atom is -0.427 e. The molecule has 0 aliphatic carbocycles. The van der Waals surface area contributed by atoms with E-state index in [0.717, 1.165) is 36.8 Å². The summed E-state index contributed by atoms with van der Waals surface area (Å²) in [7, 11) is 0. The molecule has 4 rings (SSSR count). The normalized spacial score (nSPS) is 16.2. The lowest BCUT2D eigenvalue weighted by Gasteiger charge is -2.22. The smallest absolute Gasteiger partial charge is 0.349 e. The Labute approximate surface area is 181 Å². The molecule has 2 aromatic heterocycles. The molecule has 0 spiro atoms. The predicted molar refractivity (Wildman–Crippen MR) is 118 cm³/mol. The number of carbonyl (C=O) groups excluding carboxylic acids is 1. The number of halogens is 1. The molecule has 1 saturated heterocycles. The summed E-state index contributed by atoms with van der Waals surface area (Å²) >= 11 is 0. The predicted octanol–water partition coefficient (Wildman–Crippen LogP) is 3.01. The van der Waals surface area contributed by atoms with Crippen LogP contribution >= 0.6 is 12.4 Å². The minimum atomic E-state index is -0.554. The summed E-state index contributed by atoms with van der Waals surface area (Å²) in [5, 5.41) is 11.6. The lowest BCUT2D eigenvalue weighted by Crippen LogP contribution is -2.32. The van der Waals surface area contributed by atoms with Crippen molar-refractivity contribution in [1.29, 1.82) is 0 Å². The lowest BCUT2D eigenvalue weighted by molar-refractivity contribution is 0.0947. The zero-order valence-corrected chi connectivity index (χ0v) is 17.8. The summed E-state index contributed by atoms with van der Waals surface area (Å²) in [5.74, 6) is 0.479. The molecule has 30 heavy (non-hydrogen) atoms. The van der Waals surface area contributed by atoms with Gasteiger partial charge in [-0.25, -0.2) is 4.79 Å². The van der Waals surface area contributed by atoms with E-state index in [4.69, 9.17) is 4.42 Å². The first-order valence-corrected chi connectivity index (χ1v) is 10.2. The van der Waals surface area contributed by atoms with E-state index in [2.05, 4.69) is 15.7 Å². The Bertz CT molecular complexity index is 1070. The third kappa shape index (κ3) is 4.74. The first-order valence-electron chi connectivity index (χ1n) is 10.2. The van der Waals surface area contributed by atoms with Gasteiger partial charge in [0.25, 0.3) is 5.91 Å². The number of piperidine rings is 1. The molecule has 0 bridgehead atoms. The van der Waals surface area contributed by atoms with Gasteiger partial charge in [-0.1, -0.05) is 18.2 Å². The van der Waals surface area contributed by atoms with Gasteiger partial charge in [-0.05, 0) is 50.4 Å². The maximum atomic E-state index is 12.5. The van der Waals surface area contributed by atoms with Crippen LogP contribution in [-0.4, -0.2) is 35.3 Å². The Morgan fingerprint density at radius 2 is 2.20 bits per heavy atom. The molecule has 2 N–H and O–H groups in total. The van der Waals surface area contributed by atoms with Crippen molar-refractivity contribution in [2.75, 3.05) is 19.6 Å². The quantitative estimate of drug-likeness (QED) is 0.587. The fourth-order valence-corrected chi connectivity index (χ4v) is 3.92. The Kier molecular flexibility index (Phi) is 7.29. The number of fused-ring (bicyclic) bond motifs is 1. The largest absolute Gasteiger partial charge is 0.427 e. The number of aryl methyl sites for hydroxylation is 2. The van der Waals surface area contributed by atoms with Crippen LogP contribution in [0.5, 0.6) is 0 Å². The second-order valence-electron chi connectivity index (χ2n) is 7.57. The highest BCUT2D eigenvalue weighted by Gasteiger charge is 2.22. The Morgan fingerprint density at radius 1 is 1.37 bits per heavy atom. The van der Waals surface area contributed by atoms with Crippen molar-refractivity contribution < 1.29 is 9.21 Å². The number of rotatable bonds is 6. The SMILES string of the molecule is Cc1cc(C2CCCNC2)oc(=O)c1C(=O)NCCCn1ncc2ccccc21.Cl. The molecule has 8 heteroatoms. The maximum absolute atomic E-state index is 12.5. The molecule has 1 fully saturated rings. The van der Waals surface area contributed by atoms with Crippen LogP contribution in [-0.2, 0) is 6.54 Å². The number of benzene rings is 1. The van der Waals surface area contributed by atoms with Crippen molar-refractivity contribution in [3.63, 3.8) is 0 Å². The second-order valence-corrected chi connectivity index (χ2v) is 7.57. The van der Waals surface area contributed by atoms with E-state index in [1.54, 1.807) is 6.92 Å². The third-order valence-electron chi connectivity index (χ3n) is 5.48. The molecule has 7 nitrogen and oxygen atoms in total. The fourth-order valence-electron chi connectivity index (χ4n) is 3.92. The van der Waals surface area contributed by atoms with Gasteiger partial charge >= 0.3 is 5.63 Å². The van der Waals surface area contributed by atoms with Gasteiger partial charge in [-0.15, -0.1) is 12.4 Å². The number of aromatic nitrogens is 2. The summed E-state index contributed by atoms with van der Waals surface area (Å²) in [6.07, 6.45) is 4.60. The Balaban J connectivity index is 0.00000256. The summed E-state index contributed by atoms with van der Waals surface area (Å²) in [6.45, 7) is 4.74. The zero-order chi connectivity index (χ0) is 20.2. The van der Waals surface area contributed by atoms with Crippen molar-refractivity contribution in [3.8, 4) is 0 Å². The van der Waals surface area contributed by atoms with Crippen LogP contribution in [0, 0.1) is 6.92 Å².